The minimum atomic E-state index is -0.364. The molecule has 2 heterocycles. The molecule has 0 radical (unpaired) electrons. The van der Waals surface area contributed by atoms with Gasteiger partial charge in [0.1, 0.15) is 0 Å². The maximum absolute atomic E-state index is 13.4. The molecule has 0 saturated carbocycles. The number of halogens is 1. The Morgan fingerprint density at radius 1 is 1.09 bits per heavy atom. The molecule has 1 N–H and O–H groups in total. The summed E-state index contributed by atoms with van der Waals surface area (Å²) in [6.07, 6.45) is 0. The quantitative estimate of drug-likeness (QED) is 0.637. The number of anilines is 2. The average Bonchev–Trinajstić information content (AvgIpc) is 2.76. The number of fused-ring (bicyclic) bond motifs is 1. The summed E-state index contributed by atoms with van der Waals surface area (Å²) in [7, 11) is 2.10. The van der Waals surface area contributed by atoms with E-state index in [2.05, 4.69) is 27.3 Å². The zero-order chi connectivity index (χ0) is 22.8. The Bertz CT molecular complexity index is 1200. The molecule has 0 atom stereocenters. The number of hydrogen-bond donors (Lipinski definition) is 1. The van der Waals surface area contributed by atoms with Crippen LogP contribution < -0.4 is 15.8 Å². The van der Waals surface area contributed by atoms with Gasteiger partial charge in [0.25, 0.3) is 11.5 Å². The first-order valence-corrected chi connectivity index (χ1v) is 11.3. The highest BCUT2D eigenvalue weighted by Gasteiger charge is 2.21. The molecule has 0 spiro atoms. The second kappa shape index (κ2) is 9.30. The predicted octanol–water partition coefficient (Wildman–Crippen LogP) is 3.71. The van der Waals surface area contributed by atoms with Crippen molar-refractivity contribution in [3.05, 3.63) is 63.5 Å². The zero-order valence-corrected chi connectivity index (χ0v) is 19.4. The number of nitrogens with zero attached hydrogens (tertiary/aromatic N) is 4. The lowest BCUT2D eigenvalue weighted by molar-refractivity contribution is 0.102. The van der Waals surface area contributed by atoms with E-state index in [-0.39, 0.29) is 23.1 Å². The molecule has 1 saturated heterocycles. The third-order valence-corrected chi connectivity index (χ3v) is 5.91. The van der Waals surface area contributed by atoms with E-state index in [9.17, 15) is 9.59 Å². The molecule has 1 aliphatic rings. The Morgan fingerprint density at radius 2 is 1.78 bits per heavy atom. The first kappa shape index (κ1) is 22.3. The van der Waals surface area contributed by atoms with Crippen LogP contribution in [0.5, 0.6) is 0 Å². The van der Waals surface area contributed by atoms with Crippen molar-refractivity contribution in [3.63, 3.8) is 0 Å². The summed E-state index contributed by atoms with van der Waals surface area (Å²) in [5.74, 6) is -0.148. The Labute approximate surface area is 192 Å². The van der Waals surface area contributed by atoms with Crippen molar-refractivity contribution in [2.24, 2.45) is 5.92 Å². The van der Waals surface area contributed by atoms with Gasteiger partial charge in [-0.2, -0.15) is 5.10 Å². The number of aromatic nitrogens is 2. The van der Waals surface area contributed by atoms with Crippen molar-refractivity contribution >= 4 is 39.7 Å². The Hall–Kier alpha value is -2.90. The average molecular weight is 454 g/mol. The fourth-order valence-corrected chi connectivity index (χ4v) is 4.16. The summed E-state index contributed by atoms with van der Waals surface area (Å²) in [6.45, 7) is 8.08. The maximum atomic E-state index is 13.4. The lowest BCUT2D eigenvalue weighted by Crippen LogP contribution is -2.44. The number of hydrogen-bond acceptors (Lipinski definition) is 5. The minimum Gasteiger partial charge on any atom is -0.367 e. The van der Waals surface area contributed by atoms with Gasteiger partial charge < -0.3 is 15.1 Å². The highest BCUT2D eigenvalue weighted by molar-refractivity contribution is 6.31. The zero-order valence-electron chi connectivity index (χ0n) is 18.6. The van der Waals surface area contributed by atoms with Crippen molar-refractivity contribution in [3.8, 4) is 0 Å². The predicted molar refractivity (Wildman–Crippen MR) is 130 cm³/mol. The number of carbonyl (C=O) groups excluding carboxylic acids is 1. The van der Waals surface area contributed by atoms with Crippen molar-refractivity contribution < 1.29 is 4.79 Å². The second-order valence-electron chi connectivity index (χ2n) is 8.68. The monoisotopic (exact) mass is 453 g/mol. The standard InChI is InChI=1S/C24H28ClN5O2/c1-16(2)15-30-24(32)19-7-5-4-6-18(19)22(27-30)23(31)26-20-14-17(25)8-9-21(20)29-12-10-28(3)11-13-29/h4-9,14,16H,10-13,15H2,1-3H3,(H,26,31). The molecule has 1 fully saturated rings. The van der Waals surface area contributed by atoms with Gasteiger partial charge >= 0.3 is 0 Å². The number of amides is 1. The number of likely N-dealkylation sites (N-methyl/N-ethyl adjacent to an activating group) is 1. The third-order valence-electron chi connectivity index (χ3n) is 5.67. The molecule has 1 aliphatic heterocycles. The van der Waals surface area contributed by atoms with Crippen LogP contribution in [0.15, 0.2) is 47.3 Å². The van der Waals surface area contributed by atoms with Gasteiger partial charge in [-0.1, -0.05) is 43.6 Å². The lowest BCUT2D eigenvalue weighted by Gasteiger charge is -2.35. The number of piperazine rings is 1. The summed E-state index contributed by atoms with van der Waals surface area (Å²) in [5.41, 5.74) is 1.60. The topological polar surface area (TPSA) is 70.5 Å². The van der Waals surface area contributed by atoms with Gasteiger partial charge in [0.15, 0.2) is 5.69 Å². The highest BCUT2D eigenvalue weighted by Crippen LogP contribution is 2.30. The van der Waals surface area contributed by atoms with Gasteiger partial charge in [0, 0.05) is 43.1 Å². The van der Waals surface area contributed by atoms with Crippen LogP contribution in [-0.4, -0.2) is 53.8 Å². The van der Waals surface area contributed by atoms with E-state index >= 15 is 0 Å². The smallest absolute Gasteiger partial charge is 0.276 e. The van der Waals surface area contributed by atoms with Gasteiger partial charge in [-0.25, -0.2) is 4.68 Å². The SMILES string of the molecule is CC(C)Cn1nc(C(=O)Nc2cc(Cl)ccc2N2CCN(C)CC2)c2ccccc2c1=O. The van der Waals surface area contributed by atoms with E-state index in [1.54, 1.807) is 24.3 Å². The van der Waals surface area contributed by atoms with E-state index < -0.39 is 0 Å². The van der Waals surface area contributed by atoms with Gasteiger partial charge in [0.2, 0.25) is 0 Å². The number of rotatable bonds is 5. The number of nitrogens with one attached hydrogen (secondary N) is 1. The second-order valence-corrected chi connectivity index (χ2v) is 9.12. The Morgan fingerprint density at radius 3 is 2.47 bits per heavy atom. The molecule has 0 bridgehead atoms. The van der Waals surface area contributed by atoms with E-state index in [0.717, 1.165) is 31.9 Å². The van der Waals surface area contributed by atoms with E-state index in [4.69, 9.17) is 11.6 Å². The fraction of sp³-hybridized carbons (Fsp3) is 0.375. The molecule has 4 rings (SSSR count). The number of carbonyl (C=O) groups is 1. The van der Waals surface area contributed by atoms with Crippen LogP contribution in [0.1, 0.15) is 24.3 Å². The maximum Gasteiger partial charge on any atom is 0.276 e. The van der Waals surface area contributed by atoms with Crippen LogP contribution >= 0.6 is 11.6 Å². The molecular weight excluding hydrogens is 426 g/mol. The fourth-order valence-electron chi connectivity index (χ4n) is 3.99. The van der Waals surface area contributed by atoms with Gasteiger partial charge in [-0.05, 0) is 37.2 Å². The molecule has 0 aliphatic carbocycles. The van der Waals surface area contributed by atoms with E-state index in [1.165, 1.54) is 4.68 Å². The molecule has 168 valence electrons. The van der Waals surface area contributed by atoms with Gasteiger partial charge in [-0.3, -0.25) is 9.59 Å². The summed E-state index contributed by atoms with van der Waals surface area (Å²) in [6, 6.07) is 12.6. The van der Waals surface area contributed by atoms with Crippen molar-refractivity contribution in [2.45, 2.75) is 20.4 Å². The van der Waals surface area contributed by atoms with Crippen LogP contribution in [0.4, 0.5) is 11.4 Å². The number of benzene rings is 2. The molecule has 3 aromatic rings. The van der Waals surface area contributed by atoms with Crippen molar-refractivity contribution in [1.82, 2.24) is 14.7 Å². The largest absolute Gasteiger partial charge is 0.367 e. The van der Waals surface area contributed by atoms with Crippen LogP contribution in [0.2, 0.25) is 5.02 Å². The van der Waals surface area contributed by atoms with Crippen LogP contribution in [0.3, 0.4) is 0 Å². The first-order chi connectivity index (χ1) is 15.3. The summed E-state index contributed by atoms with van der Waals surface area (Å²) in [4.78, 5) is 30.8. The molecule has 32 heavy (non-hydrogen) atoms. The first-order valence-electron chi connectivity index (χ1n) is 10.9. The van der Waals surface area contributed by atoms with Crippen LogP contribution in [0.25, 0.3) is 10.8 Å². The molecular formula is C24H28ClN5O2. The molecule has 8 heteroatoms. The normalized spacial score (nSPS) is 14.8. The lowest BCUT2D eigenvalue weighted by atomic mass is 10.1. The molecule has 2 aromatic carbocycles. The summed E-state index contributed by atoms with van der Waals surface area (Å²) < 4.78 is 1.39. The minimum absolute atomic E-state index is 0.188. The van der Waals surface area contributed by atoms with Crippen LogP contribution in [0, 0.1) is 5.92 Å². The van der Waals surface area contributed by atoms with Crippen molar-refractivity contribution in [2.75, 3.05) is 43.4 Å². The van der Waals surface area contributed by atoms with Gasteiger partial charge in [-0.15, -0.1) is 0 Å². The third kappa shape index (κ3) is 4.64. The molecule has 1 amide bonds. The van der Waals surface area contributed by atoms with E-state index in [0.29, 0.717) is 28.0 Å². The summed E-state index contributed by atoms with van der Waals surface area (Å²) >= 11 is 6.27. The van der Waals surface area contributed by atoms with Crippen LogP contribution in [-0.2, 0) is 6.54 Å². The molecule has 7 nitrogen and oxygen atoms in total. The molecule has 1 aromatic heterocycles. The van der Waals surface area contributed by atoms with Crippen molar-refractivity contribution in [1.29, 1.82) is 0 Å². The Kier molecular flexibility index (Phi) is 6.48. The molecule has 0 unspecified atom stereocenters. The summed E-state index contributed by atoms with van der Waals surface area (Å²) in [5, 5.41) is 9.03. The Balaban J connectivity index is 1.73. The van der Waals surface area contributed by atoms with E-state index in [1.807, 2.05) is 32.0 Å². The highest BCUT2D eigenvalue weighted by atomic mass is 35.5. The van der Waals surface area contributed by atoms with Gasteiger partial charge in [0.05, 0.1) is 16.8 Å².